The molecule has 0 aromatic heterocycles. The van der Waals surface area contributed by atoms with Crippen LogP contribution in [0.15, 0.2) is 24.3 Å². The second-order valence-corrected chi connectivity index (χ2v) is 6.99. The molecule has 1 aromatic carbocycles. The molecule has 7 heteroatoms. The van der Waals surface area contributed by atoms with Crippen molar-refractivity contribution < 1.29 is 13.3 Å². The number of non-ortho nitro benzene ring substituents is 1. The highest BCUT2D eigenvalue weighted by Gasteiger charge is 2.24. The Morgan fingerprint density at radius 1 is 1.42 bits per heavy atom. The smallest absolute Gasteiger partial charge is 0.269 e. The van der Waals surface area contributed by atoms with Gasteiger partial charge in [-0.25, -0.2) is 8.42 Å². The standard InChI is InChI=1S/C12H16N2O4S/c15-14(16)12-5-1-3-10(7-12)8-13-11-4-2-6-19(17,18)9-11/h1,3,5,7,11,13H,2,4,6,8-9H2. The van der Waals surface area contributed by atoms with E-state index in [4.69, 9.17) is 0 Å². The third kappa shape index (κ3) is 4.00. The monoisotopic (exact) mass is 284 g/mol. The van der Waals surface area contributed by atoms with Crippen LogP contribution < -0.4 is 5.32 Å². The molecule has 0 radical (unpaired) electrons. The summed E-state index contributed by atoms with van der Waals surface area (Å²) < 4.78 is 23.0. The average Bonchev–Trinajstić information content (AvgIpc) is 2.35. The molecule has 0 amide bonds. The molecule has 1 aromatic rings. The first kappa shape index (κ1) is 14.0. The number of nitro benzene ring substituents is 1. The van der Waals surface area contributed by atoms with Crippen molar-refractivity contribution in [2.24, 2.45) is 0 Å². The summed E-state index contributed by atoms with van der Waals surface area (Å²) in [5.41, 5.74) is 0.840. The number of nitrogens with one attached hydrogen (secondary N) is 1. The Kier molecular flexibility index (Phi) is 4.16. The third-order valence-corrected chi connectivity index (χ3v) is 5.00. The molecule has 1 heterocycles. The van der Waals surface area contributed by atoms with Gasteiger partial charge in [-0.05, 0) is 18.4 Å². The Labute approximate surface area is 111 Å². The number of sulfone groups is 1. The van der Waals surface area contributed by atoms with E-state index in [1.165, 1.54) is 12.1 Å². The quantitative estimate of drug-likeness (QED) is 0.664. The van der Waals surface area contributed by atoms with Crippen LogP contribution in [0.5, 0.6) is 0 Å². The molecular weight excluding hydrogens is 268 g/mol. The molecule has 0 bridgehead atoms. The number of rotatable bonds is 4. The van der Waals surface area contributed by atoms with Crippen molar-refractivity contribution in [3.05, 3.63) is 39.9 Å². The molecule has 104 valence electrons. The van der Waals surface area contributed by atoms with Gasteiger partial charge in [-0.15, -0.1) is 0 Å². The molecule has 1 unspecified atom stereocenters. The highest BCUT2D eigenvalue weighted by Crippen LogP contribution is 2.15. The van der Waals surface area contributed by atoms with Gasteiger partial charge in [0.1, 0.15) is 0 Å². The Morgan fingerprint density at radius 2 is 2.21 bits per heavy atom. The molecule has 1 N–H and O–H groups in total. The highest BCUT2D eigenvalue weighted by atomic mass is 32.2. The minimum atomic E-state index is -2.93. The van der Waals surface area contributed by atoms with Crippen molar-refractivity contribution >= 4 is 15.5 Å². The highest BCUT2D eigenvalue weighted by molar-refractivity contribution is 7.91. The summed E-state index contributed by atoms with van der Waals surface area (Å²) in [6, 6.07) is 6.31. The van der Waals surface area contributed by atoms with Crippen LogP contribution >= 0.6 is 0 Å². The van der Waals surface area contributed by atoms with Crippen molar-refractivity contribution in [2.75, 3.05) is 11.5 Å². The van der Waals surface area contributed by atoms with E-state index < -0.39 is 14.8 Å². The lowest BCUT2D eigenvalue weighted by molar-refractivity contribution is -0.384. The van der Waals surface area contributed by atoms with Crippen LogP contribution in [0.3, 0.4) is 0 Å². The Hall–Kier alpha value is -1.47. The van der Waals surface area contributed by atoms with Crippen LogP contribution in [-0.2, 0) is 16.4 Å². The molecule has 0 saturated carbocycles. The first-order valence-electron chi connectivity index (χ1n) is 6.13. The number of nitro groups is 1. The van der Waals surface area contributed by atoms with Crippen molar-refractivity contribution in [2.45, 2.75) is 25.4 Å². The minimum absolute atomic E-state index is 0.0514. The fraction of sp³-hybridized carbons (Fsp3) is 0.500. The van der Waals surface area contributed by atoms with Gasteiger partial charge < -0.3 is 5.32 Å². The maximum atomic E-state index is 11.5. The Bertz CT molecular complexity index is 571. The van der Waals surface area contributed by atoms with Gasteiger partial charge >= 0.3 is 0 Å². The van der Waals surface area contributed by atoms with E-state index in [-0.39, 0.29) is 23.2 Å². The molecule has 0 spiro atoms. The first-order chi connectivity index (χ1) is 8.96. The normalized spacial score (nSPS) is 22.0. The number of nitrogens with zero attached hydrogens (tertiary/aromatic N) is 1. The summed E-state index contributed by atoms with van der Waals surface area (Å²) in [7, 11) is -2.93. The lowest BCUT2D eigenvalue weighted by atomic mass is 10.1. The molecule has 19 heavy (non-hydrogen) atoms. The van der Waals surface area contributed by atoms with Gasteiger partial charge in [-0.1, -0.05) is 12.1 Å². The molecule has 1 aliphatic heterocycles. The Balaban J connectivity index is 1.95. The largest absolute Gasteiger partial charge is 0.309 e. The van der Waals surface area contributed by atoms with Crippen molar-refractivity contribution in [3.63, 3.8) is 0 Å². The molecular formula is C12H16N2O4S. The van der Waals surface area contributed by atoms with Gasteiger partial charge in [-0.3, -0.25) is 10.1 Å². The lowest BCUT2D eigenvalue weighted by Gasteiger charge is -2.23. The van der Waals surface area contributed by atoms with Crippen LogP contribution in [0.25, 0.3) is 0 Å². The molecule has 6 nitrogen and oxygen atoms in total. The van der Waals surface area contributed by atoms with Gasteiger partial charge in [0.15, 0.2) is 9.84 Å². The van der Waals surface area contributed by atoms with Gasteiger partial charge in [0.2, 0.25) is 0 Å². The maximum absolute atomic E-state index is 11.5. The summed E-state index contributed by atoms with van der Waals surface area (Å²) in [5, 5.41) is 13.8. The molecule has 0 aliphatic carbocycles. The fourth-order valence-electron chi connectivity index (χ4n) is 2.23. The summed E-state index contributed by atoms with van der Waals surface area (Å²) >= 11 is 0. The lowest BCUT2D eigenvalue weighted by Crippen LogP contribution is -2.39. The molecule has 1 atom stereocenters. The van der Waals surface area contributed by atoms with Crippen LogP contribution in [0, 0.1) is 10.1 Å². The van der Waals surface area contributed by atoms with Crippen LogP contribution in [0.4, 0.5) is 5.69 Å². The molecule has 1 aliphatic rings. The van der Waals surface area contributed by atoms with E-state index in [1.54, 1.807) is 12.1 Å². The van der Waals surface area contributed by atoms with Crippen molar-refractivity contribution in [1.82, 2.24) is 5.32 Å². The van der Waals surface area contributed by atoms with Gasteiger partial charge in [0.05, 0.1) is 16.4 Å². The van der Waals surface area contributed by atoms with E-state index in [0.717, 1.165) is 12.0 Å². The third-order valence-electron chi connectivity index (χ3n) is 3.18. The maximum Gasteiger partial charge on any atom is 0.269 e. The SMILES string of the molecule is O=[N+]([O-])c1cccc(CNC2CCCS(=O)(=O)C2)c1. The summed E-state index contributed by atoms with van der Waals surface area (Å²) in [4.78, 5) is 10.2. The molecule has 1 fully saturated rings. The van der Waals surface area contributed by atoms with Gasteiger partial charge in [-0.2, -0.15) is 0 Å². The minimum Gasteiger partial charge on any atom is -0.309 e. The summed E-state index contributed by atoms with van der Waals surface area (Å²) in [6.45, 7) is 0.446. The van der Waals surface area contributed by atoms with Crippen LogP contribution in [0.1, 0.15) is 18.4 Å². The van der Waals surface area contributed by atoms with Gasteiger partial charge in [0.25, 0.3) is 5.69 Å². The van der Waals surface area contributed by atoms with Gasteiger partial charge in [0, 0.05) is 24.7 Å². The zero-order valence-corrected chi connectivity index (χ0v) is 11.2. The second-order valence-electron chi connectivity index (χ2n) is 4.76. The van der Waals surface area contributed by atoms with E-state index in [9.17, 15) is 18.5 Å². The first-order valence-corrected chi connectivity index (χ1v) is 7.95. The predicted octanol–water partition coefficient (Wildman–Crippen LogP) is 1.26. The van der Waals surface area contributed by atoms with E-state index in [2.05, 4.69) is 5.32 Å². The zero-order valence-electron chi connectivity index (χ0n) is 10.4. The molecule has 2 rings (SSSR count). The van der Waals surface area contributed by atoms with Crippen LogP contribution in [-0.4, -0.2) is 30.9 Å². The van der Waals surface area contributed by atoms with Crippen molar-refractivity contribution in [1.29, 1.82) is 0 Å². The van der Waals surface area contributed by atoms with Crippen molar-refractivity contribution in [3.8, 4) is 0 Å². The second kappa shape index (κ2) is 5.66. The number of benzene rings is 1. The van der Waals surface area contributed by atoms with E-state index in [1.807, 2.05) is 0 Å². The Morgan fingerprint density at radius 3 is 2.89 bits per heavy atom. The molecule has 1 saturated heterocycles. The summed E-state index contributed by atoms with van der Waals surface area (Å²) in [6.07, 6.45) is 1.50. The van der Waals surface area contributed by atoms with E-state index >= 15 is 0 Å². The fourth-order valence-corrected chi connectivity index (χ4v) is 3.90. The summed E-state index contributed by atoms with van der Waals surface area (Å²) in [5.74, 6) is 0.421. The number of hydrogen-bond acceptors (Lipinski definition) is 5. The topological polar surface area (TPSA) is 89.3 Å². The number of hydrogen-bond donors (Lipinski definition) is 1. The zero-order chi connectivity index (χ0) is 13.9. The van der Waals surface area contributed by atoms with Crippen LogP contribution in [0.2, 0.25) is 0 Å². The van der Waals surface area contributed by atoms with E-state index in [0.29, 0.717) is 13.0 Å². The predicted molar refractivity (Wildman–Crippen MR) is 71.6 cm³/mol. The average molecular weight is 284 g/mol.